The van der Waals surface area contributed by atoms with Crippen LogP contribution in [-0.4, -0.2) is 14.3 Å². The van der Waals surface area contributed by atoms with Gasteiger partial charge in [0.25, 0.3) is 10.0 Å². The van der Waals surface area contributed by atoms with Crippen LogP contribution in [0.4, 0.5) is 15.8 Å². The normalized spacial score (nSPS) is 11.1. The molecule has 5 nitrogen and oxygen atoms in total. The molecule has 0 saturated heterocycles. The lowest BCUT2D eigenvalue weighted by molar-refractivity contribution is -0.114. The molecule has 0 aromatic heterocycles. The summed E-state index contributed by atoms with van der Waals surface area (Å²) in [5.74, 6) is -0.677. The number of hydrogen-bond acceptors (Lipinski definition) is 3. The van der Waals surface area contributed by atoms with Crippen molar-refractivity contribution in [2.45, 2.75) is 25.7 Å². The molecule has 7 heteroatoms. The Labute approximate surface area is 134 Å². The molecule has 0 aliphatic heterocycles. The molecule has 0 saturated carbocycles. The summed E-state index contributed by atoms with van der Waals surface area (Å²) in [6.07, 6.45) is 0. The highest BCUT2D eigenvalue weighted by molar-refractivity contribution is 7.92. The van der Waals surface area contributed by atoms with Crippen molar-refractivity contribution in [1.82, 2.24) is 0 Å². The van der Waals surface area contributed by atoms with Gasteiger partial charge >= 0.3 is 0 Å². The van der Waals surface area contributed by atoms with E-state index in [-0.39, 0.29) is 16.5 Å². The largest absolute Gasteiger partial charge is 0.326 e. The van der Waals surface area contributed by atoms with E-state index in [1.165, 1.54) is 31.2 Å². The highest BCUT2D eigenvalue weighted by Gasteiger charge is 2.20. The molecule has 0 bridgehead atoms. The van der Waals surface area contributed by atoms with Gasteiger partial charge in [-0.1, -0.05) is 0 Å². The van der Waals surface area contributed by atoms with Crippen LogP contribution in [-0.2, 0) is 14.8 Å². The Morgan fingerprint density at radius 3 is 2.00 bits per heavy atom. The number of sulfonamides is 1. The molecular weight excluding hydrogens is 319 g/mol. The molecule has 1 amide bonds. The predicted octanol–water partition coefficient (Wildman–Crippen LogP) is 3.20. The molecule has 2 aromatic carbocycles. The second-order valence-electron chi connectivity index (χ2n) is 5.23. The van der Waals surface area contributed by atoms with Crippen molar-refractivity contribution in [3.8, 4) is 0 Å². The van der Waals surface area contributed by atoms with Crippen LogP contribution in [0.25, 0.3) is 0 Å². The molecule has 2 aromatic rings. The number of rotatable bonds is 4. The predicted molar refractivity (Wildman–Crippen MR) is 87.4 cm³/mol. The first-order valence-electron chi connectivity index (χ1n) is 6.86. The van der Waals surface area contributed by atoms with Crippen molar-refractivity contribution in [3.05, 3.63) is 53.3 Å². The van der Waals surface area contributed by atoms with Gasteiger partial charge in [0.1, 0.15) is 5.82 Å². The van der Waals surface area contributed by atoms with Gasteiger partial charge in [-0.05, 0) is 61.4 Å². The van der Waals surface area contributed by atoms with Crippen molar-refractivity contribution in [1.29, 1.82) is 0 Å². The number of anilines is 2. The molecule has 2 N–H and O–H groups in total. The lowest BCUT2D eigenvalue weighted by Gasteiger charge is -2.15. The summed E-state index contributed by atoms with van der Waals surface area (Å²) < 4.78 is 40.5. The second kappa shape index (κ2) is 6.37. The van der Waals surface area contributed by atoms with Crippen LogP contribution in [0.3, 0.4) is 0 Å². The number of carbonyl (C=O) groups excluding carboxylic acids is 1. The minimum atomic E-state index is -3.82. The van der Waals surface area contributed by atoms with E-state index in [4.69, 9.17) is 0 Å². The molecule has 0 fully saturated rings. The van der Waals surface area contributed by atoms with Crippen LogP contribution < -0.4 is 10.0 Å². The minimum absolute atomic E-state index is 0.135. The number of nitrogens with one attached hydrogen (secondary N) is 2. The summed E-state index contributed by atoms with van der Waals surface area (Å²) in [5, 5.41) is 2.63. The van der Waals surface area contributed by atoms with E-state index in [1.807, 2.05) is 0 Å². The van der Waals surface area contributed by atoms with Crippen molar-refractivity contribution in [2.75, 3.05) is 10.0 Å². The van der Waals surface area contributed by atoms with Gasteiger partial charge in [-0.25, -0.2) is 12.8 Å². The summed E-state index contributed by atoms with van der Waals surface area (Å²) in [5.41, 5.74) is 1.82. The molecular formula is C16H17FN2O3S. The fourth-order valence-corrected chi connectivity index (χ4v) is 3.89. The first-order chi connectivity index (χ1) is 10.7. The maximum Gasteiger partial charge on any atom is 0.262 e. The molecule has 2 rings (SSSR count). The van der Waals surface area contributed by atoms with E-state index in [9.17, 15) is 17.6 Å². The van der Waals surface area contributed by atoms with Crippen molar-refractivity contribution in [3.63, 3.8) is 0 Å². The topological polar surface area (TPSA) is 75.3 Å². The van der Waals surface area contributed by atoms with E-state index in [0.29, 0.717) is 16.8 Å². The Balaban J connectivity index is 2.39. The van der Waals surface area contributed by atoms with Gasteiger partial charge in [0.15, 0.2) is 0 Å². The van der Waals surface area contributed by atoms with Crippen LogP contribution in [0, 0.1) is 19.7 Å². The van der Waals surface area contributed by atoms with Crippen molar-refractivity contribution < 1.29 is 17.6 Å². The van der Waals surface area contributed by atoms with Gasteiger partial charge in [0.05, 0.1) is 4.90 Å². The van der Waals surface area contributed by atoms with E-state index >= 15 is 0 Å². The van der Waals surface area contributed by atoms with Crippen LogP contribution in [0.2, 0.25) is 0 Å². The lowest BCUT2D eigenvalue weighted by Crippen LogP contribution is -2.16. The molecule has 0 heterocycles. The van der Waals surface area contributed by atoms with Gasteiger partial charge in [-0.2, -0.15) is 0 Å². The molecule has 23 heavy (non-hydrogen) atoms. The van der Waals surface area contributed by atoms with Gasteiger partial charge in [0.2, 0.25) is 5.91 Å². The number of benzene rings is 2. The highest BCUT2D eigenvalue weighted by Crippen LogP contribution is 2.26. The Morgan fingerprint density at radius 2 is 1.52 bits per heavy atom. The van der Waals surface area contributed by atoms with Gasteiger partial charge in [0, 0.05) is 18.3 Å². The maximum absolute atomic E-state index is 12.9. The number of halogens is 1. The summed E-state index contributed by atoms with van der Waals surface area (Å²) in [6, 6.07) is 8.24. The number of amides is 1. The monoisotopic (exact) mass is 336 g/mol. The molecule has 0 unspecified atom stereocenters. The summed E-state index contributed by atoms with van der Waals surface area (Å²) in [4.78, 5) is 11.2. The Hall–Kier alpha value is -2.41. The van der Waals surface area contributed by atoms with Gasteiger partial charge < -0.3 is 5.32 Å². The first kappa shape index (κ1) is 17.0. The van der Waals surface area contributed by atoms with Crippen LogP contribution in [0.5, 0.6) is 0 Å². The third kappa shape index (κ3) is 4.07. The average molecular weight is 336 g/mol. The average Bonchev–Trinajstić information content (AvgIpc) is 2.39. The van der Waals surface area contributed by atoms with Gasteiger partial charge in [-0.15, -0.1) is 0 Å². The Bertz CT molecular complexity index is 823. The fourth-order valence-electron chi connectivity index (χ4n) is 2.37. The van der Waals surface area contributed by atoms with E-state index in [0.717, 1.165) is 0 Å². The van der Waals surface area contributed by atoms with Crippen LogP contribution in [0.15, 0.2) is 41.3 Å². The molecule has 122 valence electrons. The zero-order valence-corrected chi connectivity index (χ0v) is 13.8. The smallest absolute Gasteiger partial charge is 0.262 e. The number of aryl methyl sites for hydroxylation is 2. The third-order valence-electron chi connectivity index (χ3n) is 3.15. The zero-order chi connectivity index (χ0) is 17.2. The summed E-state index contributed by atoms with van der Waals surface area (Å²) in [6.45, 7) is 4.68. The van der Waals surface area contributed by atoms with Gasteiger partial charge in [-0.3, -0.25) is 9.52 Å². The number of carbonyl (C=O) groups is 1. The highest BCUT2D eigenvalue weighted by atomic mass is 32.2. The summed E-state index contributed by atoms with van der Waals surface area (Å²) in [7, 11) is -3.82. The Morgan fingerprint density at radius 1 is 1.00 bits per heavy atom. The molecule has 0 spiro atoms. The van der Waals surface area contributed by atoms with E-state index in [2.05, 4.69) is 10.0 Å². The van der Waals surface area contributed by atoms with E-state index in [1.54, 1.807) is 26.0 Å². The molecule has 0 radical (unpaired) electrons. The minimum Gasteiger partial charge on any atom is -0.326 e. The SMILES string of the molecule is CC(=O)Nc1cc(C)c(S(=O)(=O)Nc2ccc(F)cc2)c(C)c1. The number of hydrogen-bond donors (Lipinski definition) is 2. The molecule has 0 aliphatic carbocycles. The fraction of sp³-hybridized carbons (Fsp3) is 0.188. The first-order valence-corrected chi connectivity index (χ1v) is 8.34. The standard InChI is InChI=1S/C16H17FN2O3S/c1-10-8-15(18-12(3)20)9-11(2)16(10)23(21,22)19-14-6-4-13(17)5-7-14/h4-9,19H,1-3H3,(H,18,20). The third-order valence-corrected chi connectivity index (χ3v) is 4.83. The van der Waals surface area contributed by atoms with Crippen LogP contribution >= 0.6 is 0 Å². The Kier molecular flexibility index (Phi) is 4.70. The lowest BCUT2D eigenvalue weighted by atomic mass is 10.1. The van der Waals surface area contributed by atoms with Crippen molar-refractivity contribution in [2.24, 2.45) is 0 Å². The second-order valence-corrected chi connectivity index (χ2v) is 6.85. The zero-order valence-electron chi connectivity index (χ0n) is 13.0. The molecule has 0 atom stereocenters. The van der Waals surface area contributed by atoms with Crippen molar-refractivity contribution >= 4 is 27.3 Å². The van der Waals surface area contributed by atoms with Crippen LogP contribution in [0.1, 0.15) is 18.1 Å². The van der Waals surface area contributed by atoms with E-state index < -0.39 is 15.8 Å². The maximum atomic E-state index is 12.9. The summed E-state index contributed by atoms with van der Waals surface area (Å²) >= 11 is 0. The molecule has 0 aliphatic rings. The quantitative estimate of drug-likeness (QED) is 0.900.